The Kier molecular flexibility index (Phi) is 7.03. The van der Waals surface area contributed by atoms with Crippen LogP contribution in [0.1, 0.15) is 54.4 Å². The number of carboxylic acids is 1. The lowest BCUT2D eigenvalue weighted by molar-refractivity contribution is -0.143. The van der Waals surface area contributed by atoms with Crippen molar-refractivity contribution in [3.63, 3.8) is 0 Å². The van der Waals surface area contributed by atoms with E-state index in [1.54, 1.807) is 47.6 Å². The molecule has 130 valence electrons. The highest BCUT2D eigenvalue weighted by Crippen LogP contribution is 2.19. The maximum absolute atomic E-state index is 12.3. The molecular weight excluding hydrogens is 304 g/mol. The molecule has 0 aliphatic heterocycles. The number of nitrogens with zero attached hydrogens (tertiary/aromatic N) is 2. The van der Waals surface area contributed by atoms with E-state index >= 15 is 0 Å². The molecule has 8 heteroatoms. The summed E-state index contributed by atoms with van der Waals surface area (Å²) in [6.07, 6.45) is -2.61. The van der Waals surface area contributed by atoms with E-state index in [0.717, 1.165) is 0 Å². The monoisotopic (exact) mass is 328 g/mol. The van der Waals surface area contributed by atoms with Crippen LogP contribution in [0.4, 0.5) is 9.59 Å². The molecule has 0 bridgehead atoms. The molecule has 0 aliphatic carbocycles. The Morgan fingerprint density at radius 3 is 1.70 bits per heavy atom. The van der Waals surface area contributed by atoms with Gasteiger partial charge >= 0.3 is 18.2 Å². The summed E-state index contributed by atoms with van der Waals surface area (Å²) in [5, 5.41) is 17.9. The molecule has 0 saturated carbocycles. The van der Waals surface area contributed by atoms with Crippen LogP contribution in [-0.2, 0) is 14.3 Å². The van der Waals surface area contributed by atoms with E-state index in [2.05, 4.69) is 0 Å². The van der Waals surface area contributed by atoms with E-state index in [0.29, 0.717) is 4.90 Å². The summed E-state index contributed by atoms with van der Waals surface area (Å²) in [5.74, 6) is -1.42. The van der Waals surface area contributed by atoms with E-state index in [-0.39, 0.29) is 12.8 Å². The smallest absolute Gasteiger partial charge is 0.420 e. The highest BCUT2D eigenvalue weighted by molar-refractivity contribution is 5.93. The molecule has 1 N–H and O–H groups in total. The van der Waals surface area contributed by atoms with E-state index in [4.69, 9.17) is 14.7 Å². The third-order valence-electron chi connectivity index (χ3n) is 2.31. The van der Waals surface area contributed by atoms with Crippen molar-refractivity contribution in [1.29, 1.82) is 5.26 Å². The minimum atomic E-state index is -1.54. The molecule has 0 saturated heterocycles. The molecule has 0 aromatic rings. The van der Waals surface area contributed by atoms with Gasteiger partial charge in [-0.3, -0.25) is 0 Å². The van der Waals surface area contributed by atoms with E-state index < -0.39 is 35.4 Å². The van der Waals surface area contributed by atoms with Crippen LogP contribution in [0.3, 0.4) is 0 Å². The summed E-state index contributed by atoms with van der Waals surface area (Å²) in [7, 11) is 0. The summed E-state index contributed by atoms with van der Waals surface area (Å²) >= 11 is 0. The number of hydrogen-bond donors (Lipinski definition) is 1. The lowest BCUT2D eigenvalue weighted by Crippen LogP contribution is -2.51. The first-order valence-corrected chi connectivity index (χ1v) is 7.13. The fourth-order valence-electron chi connectivity index (χ4n) is 1.52. The van der Waals surface area contributed by atoms with Crippen LogP contribution in [-0.4, -0.2) is 45.4 Å². The van der Waals surface area contributed by atoms with Gasteiger partial charge in [0.2, 0.25) is 0 Å². The number of hydrogen-bond acceptors (Lipinski definition) is 6. The Balaban J connectivity index is 5.58. The summed E-state index contributed by atoms with van der Waals surface area (Å²) < 4.78 is 10.2. The number of rotatable bonds is 4. The van der Waals surface area contributed by atoms with Crippen LogP contribution in [0.2, 0.25) is 0 Å². The zero-order chi connectivity index (χ0) is 18.4. The number of carboxylic acid groups (broad SMARTS) is 1. The van der Waals surface area contributed by atoms with Gasteiger partial charge in [-0.1, -0.05) is 0 Å². The molecule has 0 heterocycles. The van der Waals surface area contributed by atoms with Crippen molar-refractivity contribution < 1.29 is 29.0 Å². The molecule has 0 aliphatic rings. The van der Waals surface area contributed by atoms with Crippen molar-refractivity contribution in [2.24, 2.45) is 0 Å². The van der Waals surface area contributed by atoms with Gasteiger partial charge in [0.25, 0.3) is 0 Å². The van der Waals surface area contributed by atoms with Crippen LogP contribution in [0.5, 0.6) is 0 Å². The summed E-state index contributed by atoms with van der Waals surface area (Å²) in [6.45, 7) is 9.52. The second-order valence-corrected chi connectivity index (χ2v) is 6.88. The molecule has 1 atom stereocenters. The summed E-state index contributed by atoms with van der Waals surface area (Å²) in [5.41, 5.74) is -1.84. The zero-order valence-corrected chi connectivity index (χ0v) is 14.4. The quantitative estimate of drug-likeness (QED) is 0.843. The van der Waals surface area contributed by atoms with Crippen LogP contribution < -0.4 is 0 Å². The highest BCUT2D eigenvalue weighted by Gasteiger charge is 2.40. The third-order valence-corrected chi connectivity index (χ3v) is 2.31. The Morgan fingerprint density at radius 1 is 1.04 bits per heavy atom. The number of nitriles is 1. The van der Waals surface area contributed by atoms with E-state index in [9.17, 15) is 19.5 Å². The van der Waals surface area contributed by atoms with Crippen molar-refractivity contribution >= 4 is 18.2 Å². The predicted molar refractivity (Wildman–Crippen MR) is 80.6 cm³/mol. The van der Waals surface area contributed by atoms with Gasteiger partial charge in [0.1, 0.15) is 17.2 Å². The van der Waals surface area contributed by atoms with Crippen molar-refractivity contribution in [2.75, 3.05) is 0 Å². The summed E-state index contributed by atoms with van der Waals surface area (Å²) in [6, 6.07) is 0.246. The SMILES string of the molecule is CC(C)(C)OC(=O)N(C(=O)OC(C)(C)C)[C@@H](CCC#N)C(=O)O. The van der Waals surface area contributed by atoms with Gasteiger partial charge in [-0.05, 0) is 48.0 Å². The average molecular weight is 328 g/mol. The normalized spacial score (nSPS) is 12.7. The van der Waals surface area contributed by atoms with Gasteiger partial charge in [-0.2, -0.15) is 10.2 Å². The molecule has 23 heavy (non-hydrogen) atoms. The number of imide groups is 1. The molecule has 0 aromatic carbocycles. The van der Waals surface area contributed by atoms with Gasteiger partial charge in [0, 0.05) is 6.42 Å². The first kappa shape index (κ1) is 20.7. The van der Waals surface area contributed by atoms with Crippen molar-refractivity contribution in [3.8, 4) is 6.07 Å². The Morgan fingerprint density at radius 2 is 1.43 bits per heavy atom. The zero-order valence-electron chi connectivity index (χ0n) is 14.4. The van der Waals surface area contributed by atoms with Gasteiger partial charge in [0.15, 0.2) is 0 Å². The number of amides is 2. The van der Waals surface area contributed by atoms with Crippen molar-refractivity contribution in [3.05, 3.63) is 0 Å². The Hall–Kier alpha value is -2.30. The second-order valence-electron chi connectivity index (χ2n) is 6.88. The molecule has 0 spiro atoms. The van der Waals surface area contributed by atoms with Gasteiger partial charge in [-0.25, -0.2) is 14.4 Å². The number of aliphatic carboxylic acids is 1. The molecule has 0 rings (SSSR count). The largest absolute Gasteiger partial charge is 0.480 e. The third kappa shape index (κ3) is 8.04. The Bertz CT molecular complexity index is 468. The van der Waals surface area contributed by atoms with Gasteiger partial charge in [0.05, 0.1) is 6.07 Å². The van der Waals surface area contributed by atoms with E-state index in [1.165, 1.54) is 0 Å². The molecule has 0 aromatic heterocycles. The average Bonchev–Trinajstić information content (AvgIpc) is 2.28. The minimum absolute atomic E-state index is 0.140. The number of carbonyl (C=O) groups is 3. The van der Waals surface area contributed by atoms with Gasteiger partial charge in [-0.15, -0.1) is 0 Å². The fraction of sp³-hybridized carbons (Fsp3) is 0.733. The maximum Gasteiger partial charge on any atom is 0.420 e. The molecular formula is C15H24N2O6. The predicted octanol–water partition coefficient (Wildman–Crippen LogP) is 2.92. The number of ether oxygens (including phenoxy) is 2. The first-order chi connectivity index (χ1) is 10.3. The first-order valence-electron chi connectivity index (χ1n) is 7.13. The fourth-order valence-corrected chi connectivity index (χ4v) is 1.52. The highest BCUT2D eigenvalue weighted by atomic mass is 16.6. The lowest BCUT2D eigenvalue weighted by atomic mass is 10.1. The van der Waals surface area contributed by atoms with Crippen LogP contribution in [0, 0.1) is 11.3 Å². The van der Waals surface area contributed by atoms with E-state index in [1.807, 2.05) is 0 Å². The second kappa shape index (κ2) is 7.81. The van der Waals surface area contributed by atoms with Crippen molar-refractivity contribution in [2.45, 2.75) is 71.6 Å². The van der Waals surface area contributed by atoms with Crippen molar-refractivity contribution in [1.82, 2.24) is 4.90 Å². The molecule has 8 nitrogen and oxygen atoms in total. The maximum atomic E-state index is 12.3. The minimum Gasteiger partial charge on any atom is -0.480 e. The molecule has 0 unspecified atom stereocenters. The molecule has 2 amide bonds. The van der Waals surface area contributed by atoms with Crippen LogP contribution >= 0.6 is 0 Å². The van der Waals surface area contributed by atoms with Crippen LogP contribution in [0.25, 0.3) is 0 Å². The summed E-state index contributed by atoms with van der Waals surface area (Å²) in [4.78, 5) is 36.3. The topological polar surface area (TPSA) is 117 Å². The standard InChI is InChI=1S/C15H24N2O6/c1-14(2,3)22-12(20)17(13(21)23-15(4,5)6)10(11(18)19)8-7-9-16/h10H,7-8H2,1-6H3,(H,18,19)/t10-/m0/s1. The number of carbonyl (C=O) groups excluding carboxylic acids is 2. The molecule has 0 fully saturated rings. The van der Waals surface area contributed by atoms with Crippen LogP contribution in [0.15, 0.2) is 0 Å². The Labute approximate surface area is 136 Å². The molecule has 0 radical (unpaired) electrons. The van der Waals surface area contributed by atoms with Gasteiger partial charge < -0.3 is 14.6 Å². The lowest BCUT2D eigenvalue weighted by Gasteiger charge is -2.31.